The summed E-state index contributed by atoms with van der Waals surface area (Å²) >= 11 is 5.99. The molecule has 0 saturated carbocycles. The van der Waals surface area contributed by atoms with Crippen molar-refractivity contribution in [2.75, 3.05) is 13.2 Å². The first-order valence-electron chi connectivity index (χ1n) is 14.8. The van der Waals surface area contributed by atoms with Crippen LogP contribution in [0.5, 0.6) is 11.5 Å². The van der Waals surface area contributed by atoms with Crippen LogP contribution < -0.4 is 14.8 Å². The van der Waals surface area contributed by atoms with Gasteiger partial charge in [-0.15, -0.1) is 0 Å². The minimum absolute atomic E-state index is 0.128. The van der Waals surface area contributed by atoms with E-state index in [4.69, 9.17) is 26.1 Å². The van der Waals surface area contributed by atoms with Crippen LogP contribution in [0.4, 0.5) is 0 Å². The van der Waals surface area contributed by atoms with Crippen LogP contribution in [0, 0.1) is 12.8 Å². The van der Waals surface area contributed by atoms with Crippen molar-refractivity contribution >= 4 is 11.6 Å². The Balaban J connectivity index is 1.51. The second-order valence-corrected chi connectivity index (χ2v) is 11.5. The molecule has 0 amide bonds. The van der Waals surface area contributed by atoms with Gasteiger partial charge in [-0.3, -0.25) is 0 Å². The second-order valence-electron chi connectivity index (χ2n) is 11.0. The average Bonchev–Trinajstić information content (AvgIpc) is 3.28. The van der Waals surface area contributed by atoms with Gasteiger partial charge in [0.05, 0.1) is 12.3 Å². The van der Waals surface area contributed by atoms with Gasteiger partial charge in [0.25, 0.3) is 0 Å². The van der Waals surface area contributed by atoms with Gasteiger partial charge in [-0.1, -0.05) is 51.4 Å². The Hall–Kier alpha value is -3.28. The summed E-state index contributed by atoms with van der Waals surface area (Å²) in [5.41, 5.74) is 5.51. The molecule has 2 atom stereocenters. The van der Waals surface area contributed by atoms with Gasteiger partial charge in [-0.25, -0.2) is 4.98 Å². The zero-order valence-electron chi connectivity index (χ0n) is 25.3. The third-order valence-corrected chi connectivity index (χ3v) is 7.59. The first-order valence-corrected chi connectivity index (χ1v) is 15.2. The Morgan fingerprint density at radius 3 is 2.15 bits per heavy atom. The monoisotopic (exact) mass is 573 g/mol. The summed E-state index contributed by atoms with van der Waals surface area (Å²) in [7, 11) is 0. The second kappa shape index (κ2) is 14.6. The summed E-state index contributed by atoms with van der Waals surface area (Å²) in [6, 6.07) is 24.9. The highest BCUT2D eigenvalue weighted by atomic mass is 35.5. The normalized spacial score (nSPS) is 12.9. The van der Waals surface area contributed by atoms with Crippen LogP contribution in [0.3, 0.4) is 0 Å². The summed E-state index contributed by atoms with van der Waals surface area (Å²) in [4.78, 5) is 5.13. The molecule has 0 aliphatic rings. The maximum Gasteiger partial charge on any atom is 0.119 e. The number of nitrogens with one attached hydrogen (secondary N) is 1. The SMILES string of the molecule is CCNC(C)C(CC)Oc1ccc(-n2c(CC(C)C)nc(-c3ccc(OCCc4ccc(Cl)cc4)cc3)c2C)cc1. The molecule has 3 aromatic carbocycles. The zero-order valence-corrected chi connectivity index (χ0v) is 26.0. The van der Waals surface area contributed by atoms with E-state index in [1.54, 1.807) is 0 Å². The summed E-state index contributed by atoms with van der Waals surface area (Å²) in [6.45, 7) is 14.6. The predicted octanol–water partition coefficient (Wildman–Crippen LogP) is 8.48. The van der Waals surface area contributed by atoms with Gasteiger partial charge in [-0.2, -0.15) is 0 Å². The van der Waals surface area contributed by atoms with Crippen LogP contribution in [-0.2, 0) is 12.8 Å². The Bertz CT molecular complexity index is 1360. The number of nitrogens with zero attached hydrogens (tertiary/aromatic N) is 2. The summed E-state index contributed by atoms with van der Waals surface area (Å²) in [5, 5.41) is 4.23. The molecular formula is C35H44ClN3O2. The van der Waals surface area contributed by atoms with Crippen molar-refractivity contribution < 1.29 is 9.47 Å². The highest BCUT2D eigenvalue weighted by Gasteiger charge is 2.19. The molecule has 4 rings (SSSR count). The van der Waals surface area contributed by atoms with Crippen LogP contribution in [-0.4, -0.2) is 34.8 Å². The van der Waals surface area contributed by atoms with Crippen molar-refractivity contribution in [2.24, 2.45) is 5.92 Å². The fourth-order valence-electron chi connectivity index (χ4n) is 5.17. The van der Waals surface area contributed by atoms with Gasteiger partial charge in [0.1, 0.15) is 23.4 Å². The van der Waals surface area contributed by atoms with Crippen LogP contribution in [0.2, 0.25) is 5.02 Å². The van der Waals surface area contributed by atoms with Gasteiger partial charge < -0.3 is 19.4 Å². The number of hydrogen-bond donors (Lipinski definition) is 1. The lowest BCUT2D eigenvalue weighted by Crippen LogP contribution is -2.40. The van der Waals surface area contributed by atoms with Crippen molar-refractivity contribution in [2.45, 2.75) is 73.0 Å². The van der Waals surface area contributed by atoms with E-state index in [2.05, 4.69) is 87.8 Å². The zero-order chi connectivity index (χ0) is 29.4. The first-order chi connectivity index (χ1) is 19.8. The number of rotatable bonds is 14. The van der Waals surface area contributed by atoms with Gasteiger partial charge in [0.15, 0.2) is 0 Å². The maximum absolute atomic E-state index is 6.33. The molecule has 0 aliphatic carbocycles. The van der Waals surface area contributed by atoms with E-state index in [0.29, 0.717) is 18.6 Å². The maximum atomic E-state index is 6.33. The molecule has 1 aromatic heterocycles. The highest BCUT2D eigenvalue weighted by molar-refractivity contribution is 6.30. The third kappa shape index (κ3) is 8.15. The Labute approximate surface area is 250 Å². The standard InChI is InChI=1S/C35H44ClN3O2/c1-7-33(25(5)37-8-2)41-32-19-15-30(16-20-32)39-26(6)35(38-34(39)23-24(3)4)28-11-17-31(18-12-28)40-22-21-27-9-13-29(36)14-10-27/h9-20,24-25,33,37H,7-8,21-23H2,1-6H3. The number of benzene rings is 3. The molecule has 2 unspecified atom stereocenters. The van der Waals surface area contributed by atoms with E-state index in [0.717, 1.165) is 70.8 Å². The van der Waals surface area contributed by atoms with E-state index >= 15 is 0 Å². The van der Waals surface area contributed by atoms with Crippen molar-refractivity contribution in [1.29, 1.82) is 0 Å². The van der Waals surface area contributed by atoms with Gasteiger partial charge >= 0.3 is 0 Å². The summed E-state index contributed by atoms with van der Waals surface area (Å²) in [5.74, 6) is 3.30. The summed E-state index contributed by atoms with van der Waals surface area (Å²) in [6.07, 6.45) is 2.80. The van der Waals surface area contributed by atoms with Crippen molar-refractivity contribution in [3.63, 3.8) is 0 Å². The molecule has 0 fully saturated rings. The molecule has 4 aromatic rings. The minimum Gasteiger partial charge on any atom is -0.493 e. The first kappa shape index (κ1) is 30.7. The molecule has 5 nitrogen and oxygen atoms in total. The molecule has 6 heteroatoms. The summed E-state index contributed by atoms with van der Waals surface area (Å²) < 4.78 is 14.6. The van der Waals surface area contributed by atoms with E-state index in [1.165, 1.54) is 5.56 Å². The molecule has 1 N–H and O–H groups in total. The minimum atomic E-state index is 0.128. The quantitative estimate of drug-likeness (QED) is 0.164. The molecule has 218 valence electrons. The molecule has 0 saturated heterocycles. The molecule has 1 heterocycles. The number of hydrogen-bond acceptors (Lipinski definition) is 4. The molecule has 0 aliphatic heterocycles. The van der Waals surface area contributed by atoms with Crippen LogP contribution in [0.1, 0.15) is 58.1 Å². The Kier molecular flexibility index (Phi) is 10.9. The Morgan fingerprint density at radius 1 is 0.878 bits per heavy atom. The molecule has 0 spiro atoms. The largest absolute Gasteiger partial charge is 0.493 e. The van der Waals surface area contributed by atoms with E-state index in [9.17, 15) is 0 Å². The number of imidazole rings is 1. The number of halogens is 1. The lowest BCUT2D eigenvalue weighted by Gasteiger charge is -2.25. The number of aromatic nitrogens is 2. The molecule has 0 radical (unpaired) electrons. The fraction of sp³-hybridized carbons (Fsp3) is 0.400. The van der Waals surface area contributed by atoms with Crippen molar-refractivity contribution in [3.8, 4) is 28.4 Å². The fourth-order valence-corrected chi connectivity index (χ4v) is 5.29. The van der Waals surface area contributed by atoms with Gasteiger partial charge in [0, 0.05) is 40.9 Å². The van der Waals surface area contributed by atoms with E-state index in [1.807, 2.05) is 36.4 Å². The van der Waals surface area contributed by atoms with Crippen molar-refractivity contribution in [1.82, 2.24) is 14.9 Å². The topological polar surface area (TPSA) is 48.3 Å². The molecular weight excluding hydrogens is 530 g/mol. The molecule has 41 heavy (non-hydrogen) atoms. The number of ether oxygens (including phenoxy) is 2. The van der Waals surface area contributed by atoms with Gasteiger partial charge in [-0.05, 0) is 99.0 Å². The Morgan fingerprint density at radius 2 is 1.54 bits per heavy atom. The van der Waals surface area contributed by atoms with Crippen LogP contribution in [0.25, 0.3) is 16.9 Å². The molecule has 0 bridgehead atoms. The van der Waals surface area contributed by atoms with E-state index in [-0.39, 0.29) is 6.10 Å². The lowest BCUT2D eigenvalue weighted by molar-refractivity contribution is 0.156. The predicted molar refractivity (Wildman–Crippen MR) is 171 cm³/mol. The highest BCUT2D eigenvalue weighted by Crippen LogP contribution is 2.30. The van der Waals surface area contributed by atoms with Crippen molar-refractivity contribution in [3.05, 3.63) is 94.9 Å². The van der Waals surface area contributed by atoms with Crippen LogP contribution >= 0.6 is 11.6 Å². The number of likely N-dealkylation sites (N-methyl/N-ethyl adjacent to an activating group) is 1. The van der Waals surface area contributed by atoms with Gasteiger partial charge in [0.2, 0.25) is 0 Å². The lowest BCUT2D eigenvalue weighted by atomic mass is 10.1. The smallest absolute Gasteiger partial charge is 0.119 e. The van der Waals surface area contributed by atoms with E-state index < -0.39 is 0 Å². The third-order valence-electron chi connectivity index (χ3n) is 7.34. The average molecular weight is 574 g/mol. The van der Waals surface area contributed by atoms with Crippen LogP contribution in [0.15, 0.2) is 72.8 Å².